The molecule has 0 N–H and O–H groups in total. The van der Waals surface area contributed by atoms with Gasteiger partial charge in [0, 0.05) is 5.56 Å². The van der Waals surface area contributed by atoms with Gasteiger partial charge in [-0.05, 0) is 42.3 Å². The van der Waals surface area contributed by atoms with E-state index in [2.05, 4.69) is 6.92 Å². The number of benzene rings is 3. The van der Waals surface area contributed by atoms with E-state index in [1.54, 1.807) is 42.5 Å². The van der Waals surface area contributed by atoms with E-state index in [0.29, 0.717) is 35.8 Å². The van der Waals surface area contributed by atoms with Crippen LogP contribution in [0, 0.1) is 0 Å². The summed E-state index contributed by atoms with van der Waals surface area (Å²) < 4.78 is 11.3. The maximum absolute atomic E-state index is 13.8. The Bertz CT molecular complexity index is 1050. The van der Waals surface area contributed by atoms with Crippen LogP contribution in [0.2, 0.25) is 0 Å². The number of hydrogen-bond donors (Lipinski definition) is 0. The first-order valence-electron chi connectivity index (χ1n) is 10.5. The molecule has 1 atom stereocenters. The Hall–Kier alpha value is -3.44. The molecule has 31 heavy (non-hydrogen) atoms. The molecule has 0 spiro atoms. The Morgan fingerprint density at radius 2 is 1.61 bits per heavy atom. The van der Waals surface area contributed by atoms with E-state index in [0.717, 1.165) is 18.4 Å². The van der Waals surface area contributed by atoms with Crippen molar-refractivity contribution in [3.63, 3.8) is 0 Å². The van der Waals surface area contributed by atoms with Gasteiger partial charge < -0.3 is 9.47 Å². The van der Waals surface area contributed by atoms with Crippen molar-refractivity contribution >= 4 is 17.5 Å². The molecule has 1 aliphatic rings. The fourth-order valence-electron chi connectivity index (χ4n) is 3.46. The van der Waals surface area contributed by atoms with Crippen molar-refractivity contribution < 1.29 is 19.1 Å². The van der Waals surface area contributed by atoms with Crippen LogP contribution in [0.4, 0.5) is 5.69 Å². The number of imide groups is 1. The monoisotopic (exact) mass is 415 g/mol. The number of carbonyl (C=O) groups excluding carboxylic acids is 2. The molecule has 1 saturated heterocycles. The normalized spacial score (nSPS) is 14.7. The largest absolute Gasteiger partial charge is 0.490 e. The molecule has 0 aromatic heterocycles. The van der Waals surface area contributed by atoms with Gasteiger partial charge in [-0.15, -0.1) is 0 Å². The summed E-state index contributed by atoms with van der Waals surface area (Å²) in [6, 6.07) is 23.3. The molecule has 3 aromatic carbocycles. The zero-order valence-corrected chi connectivity index (χ0v) is 17.5. The summed E-state index contributed by atoms with van der Waals surface area (Å²) in [5.74, 6) is -0.259. The van der Waals surface area contributed by atoms with Crippen LogP contribution in [0.1, 0.15) is 39.6 Å². The summed E-state index contributed by atoms with van der Waals surface area (Å²) >= 11 is 0. The van der Waals surface area contributed by atoms with Crippen LogP contribution in [0.5, 0.6) is 5.75 Å². The highest BCUT2D eigenvalue weighted by molar-refractivity contribution is 6.26. The topological polar surface area (TPSA) is 59.1 Å². The minimum absolute atomic E-state index is 0.0637. The number of ether oxygens (including phenoxy) is 2. The van der Waals surface area contributed by atoms with E-state index >= 15 is 0 Å². The quantitative estimate of drug-likeness (QED) is 0.388. The van der Waals surface area contributed by atoms with Gasteiger partial charge >= 0.3 is 0 Å². The standard InChI is InChI=1S/C26H25NO4/c1-2-10-19-13-9-16-23(24(19)31-18-22-17-30-22)26(29)27(21-14-7-4-8-15-21)25(28)20-11-5-3-6-12-20/h3-9,11-16,22H,2,10,17-18H2,1H3. The van der Waals surface area contributed by atoms with Gasteiger partial charge in [-0.3, -0.25) is 9.59 Å². The fraction of sp³-hybridized carbons (Fsp3) is 0.231. The van der Waals surface area contributed by atoms with Gasteiger partial charge in [-0.25, -0.2) is 4.90 Å². The molecular formula is C26H25NO4. The minimum atomic E-state index is -0.412. The number of anilines is 1. The smallest absolute Gasteiger partial charge is 0.269 e. The summed E-state index contributed by atoms with van der Waals surface area (Å²) in [6.07, 6.45) is 1.76. The van der Waals surface area contributed by atoms with Crippen LogP contribution in [0.15, 0.2) is 78.9 Å². The summed E-state index contributed by atoms with van der Waals surface area (Å²) in [5, 5.41) is 0. The molecule has 158 valence electrons. The average molecular weight is 415 g/mol. The van der Waals surface area contributed by atoms with Crippen molar-refractivity contribution in [1.82, 2.24) is 0 Å². The highest BCUT2D eigenvalue weighted by atomic mass is 16.6. The lowest BCUT2D eigenvalue weighted by atomic mass is 10.0. The summed E-state index contributed by atoms with van der Waals surface area (Å²) in [7, 11) is 0. The van der Waals surface area contributed by atoms with Gasteiger partial charge in [-0.2, -0.15) is 0 Å². The molecule has 1 fully saturated rings. The number of para-hydroxylation sites is 2. The van der Waals surface area contributed by atoms with Gasteiger partial charge in [0.2, 0.25) is 0 Å². The third kappa shape index (κ3) is 4.84. The second-order valence-electron chi connectivity index (χ2n) is 7.46. The number of hydrogen-bond acceptors (Lipinski definition) is 4. The van der Waals surface area contributed by atoms with Crippen molar-refractivity contribution in [2.75, 3.05) is 18.1 Å². The van der Waals surface area contributed by atoms with Crippen molar-refractivity contribution in [2.24, 2.45) is 0 Å². The average Bonchev–Trinajstić information content (AvgIpc) is 3.64. The van der Waals surface area contributed by atoms with E-state index in [1.807, 2.05) is 36.4 Å². The molecule has 5 heteroatoms. The molecule has 4 rings (SSSR count). The van der Waals surface area contributed by atoms with Crippen molar-refractivity contribution in [2.45, 2.75) is 25.9 Å². The van der Waals surface area contributed by atoms with Crippen LogP contribution < -0.4 is 9.64 Å². The first-order valence-corrected chi connectivity index (χ1v) is 10.5. The van der Waals surface area contributed by atoms with Gasteiger partial charge in [0.15, 0.2) is 0 Å². The number of epoxide rings is 1. The van der Waals surface area contributed by atoms with E-state index in [-0.39, 0.29) is 12.0 Å². The maximum Gasteiger partial charge on any atom is 0.269 e. The lowest BCUT2D eigenvalue weighted by Crippen LogP contribution is -2.37. The first kappa shape index (κ1) is 20.8. The molecule has 0 radical (unpaired) electrons. The second-order valence-corrected chi connectivity index (χ2v) is 7.46. The molecule has 1 heterocycles. The van der Waals surface area contributed by atoms with Crippen LogP contribution in [0.25, 0.3) is 0 Å². The van der Waals surface area contributed by atoms with Crippen LogP contribution in [-0.2, 0) is 11.2 Å². The Morgan fingerprint density at radius 1 is 0.935 bits per heavy atom. The van der Waals surface area contributed by atoms with Crippen LogP contribution >= 0.6 is 0 Å². The molecule has 5 nitrogen and oxygen atoms in total. The van der Waals surface area contributed by atoms with Crippen LogP contribution in [0.3, 0.4) is 0 Å². The van der Waals surface area contributed by atoms with E-state index in [4.69, 9.17) is 9.47 Å². The first-order chi connectivity index (χ1) is 15.2. The predicted octanol–water partition coefficient (Wildman–Crippen LogP) is 4.90. The maximum atomic E-state index is 13.8. The molecule has 2 amide bonds. The lowest BCUT2D eigenvalue weighted by molar-refractivity contribution is 0.0895. The predicted molar refractivity (Wildman–Crippen MR) is 120 cm³/mol. The third-order valence-corrected chi connectivity index (χ3v) is 5.10. The highest BCUT2D eigenvalue weighted by Crippen LogP contribution is 2.30. The zero-order valence-electron chi connectivity index (χ0n) is 17.5. The second kappa shape index (κ2) is 9.58. The number of aryl methyl sites for hydroxylation is 1. The summed E-state index contributed by atoms with van der Waals surface area (Å²) in [4.78, 5) is 28.4. The highest BCUT2D eigenvalue weighted by Gasteiger charge is 2.30. The minimum Gasteiger partial charge on any atom is -0.490 e. The molecular weight excluding hydrogens is 390 g/mol. The van der Waals surface area contributed by atoms with Crippen molar-refractivity contribution in [3.8, 4) is 5.75 Å². The number of carbonyl (C=O) groups is 2. The van der Waals surface area contributed by atoms with Gasteiger partial charge in [0.05, 0.1) is 17.9 Å². The lowest BCUT2D eigenvalue weighted by Gasteiger charge is -2.23. The fourth-order valence-corrected chi connectivity index (χ4v) is 3.46. The molecule has 1 aliphatic heterocycles. The molecule has 0 aliphatic carbocycles. The summed E-state index contributed by atoms with van der Waals surface area (Å²) in [6.45, 7) is 3.14. The van der Waals surface area contributed by atoms with E-state index < -0.39 is 5.91 Å². The Morgan fingerprint density at radius 3 is 2.26 bits per heavy atom. The molecule has 3 aromatic rings. The molecule has 1 unspecified atom stereocenters. The third-order valence-electron chi connectivity index (χ3n) is 5.10. The SMILES string of the molecule is CCCc1cccc(C(=O)N(C(=O)c2ccccc2)c2ccccc2)c1OCC1CO1. The Kier molecular flexibility index (Phi) is 6.43. The summed E-state index contributed by atoms with van der Waals surface area (Å²) in [5.41, 5.74) is 2.28. The Labute approximate surface area is 182 Å². The van der Waals surface area contributed by atoms with E-state index in [9.17, 15) is 9.59 Å². The number of nitrogens with zero attached hydrogens (tertiary/aromatic N) is 1. The molecule has 0 saturated carbocycles. The van der Waals surface area contributed by atoms with Gasteiger partial charge in [0.1, 0.15) is 18.5 Å². The van der Waals surface area contributed by atoms with Gasteiger partial charge in [0.25, 0.3) is 11.8 Å². The number of amides is 2. The van der Waals surface area contributed by atoms with Crippen molar-refractivity contribution in [1.29, 1.82) is 0 Å². The van der Waals surface area contributed by atoms with Crippen LogP contribution in [-0.4, -0.2) is 31.1 Å². The Balaban J connectivity index is 1.76. The zero-order chi connectivity index (χ0) is 21.6. The van der Waals surface area contributed by atoms with Crippen molar-refractivity contribution in [3.05, 3.63) is 95.6 Å². The molecule has 0 bridgehead atoms. The van der Waals surface area contributed by atoms with E-state index in [1.165, 1.54) is 4.90 Å². The number of rotatable bonds is 8. The van der Waals surface area contributed by atoms with Gasteiger partial charge in [-0.1, -0.05) is 61.9 Å².